The number of carbonyl (C=O) groups is 1. The largest absolute Gasteiger partial charge is 0.379 e. The summed E-state index contributed by atoms with van der Waals surface area (Å²) >= 11 is 6.42. The predicted molar refractivity (Wildman–Crippen MR) is 100 cm³/mol. The van der Waals surface area contributed by atoms with Crippen LogP contribution in [0.2, 0.25) is 5.02 Å². The maximum atomic E-state index is 12.5. The van der Waals surface area contributed by atoms with E-state index in [0.29, 0.717) is 25.3 Å². The van der Waals surface area contributed by atoms with Gasteiger partial charge >= 0.3 is 0 Å². The van der Waals surface area contributed by atoms with Crippen molar-refractivity contribution in [3.05, 3.63) is 70.2 Å². The number of amides is 1. The van der Waals surface area contributed by atoms with Crippen molar-refractivity contribution >= 4 is 17.5 Å². The number of halogens is 1. The minimum Gasteiger partial charge on any atom is -0.379 e. The average molecular weight is 359 g/mol. The molecule has 1 aliphatic rings. The van der Waals surface area contributed by atoms with Gasteiger partial charge in [0.15, 0.2) is 0 Å². The van der Waals surface area contributed by atoms with Crippen molar-refractivity contribution in [2.45, 2.75) is 13.0 Å². The molecular formula is C20H23ClN2O2. The van der Waals surface area contributed by atoms with Gasteiger partial charge in [-0.25, -0.2) is 0 Å². The highest BCUT2D eigenvalue weighted by atomic mass is 35.5. The smallest absolute Gasteiger partial charge is 0.251 e. The van der Waals surface area contributed by atoms with Crippen molar-refractivity contribution in [3.63, 3.8) is 0 Å². The maximum Gasteiger partial charge on any atom is 0.251 e. The Hall–Kier alpha value is -1.88. The summed E-state index contributed by atoms with van der Waals surface area (Å²) in [4.78, 5) is 14.8. The van der Waals surface area contributed by atoms with Crippen molar-refractivity contribution in [1.82, 2.24) is 10.2 Å². The molecule has 0 saturated carbocycles. The summed E-state index contributed by atoms with van der Waals surface area (Å²) in [5.74, 6) is -0.0645. The Bertz CT molecular complexity index is 712. The van der Waals surface area contributed by atoms with E-state index in [1.165, 1.54) is 0 Å². The molecule has 25 heavy (non-hydrogen) atoms. The molecule has 1 atom stereocenters. The van der Waals surface area contributed by atoms with Crippen LogP contribution in [0.25, 0.3) is 0 Å². The van der Waals surface area contributed by atoms with Gasteiger partial charge in [-0.1, -0.05) is 47.5 Å². The topological polar surface area (TPSA) is 41.6 Å². The zero-order valence-corrected chi connectivity index (χ0v) is 15.1. The van der Waals surface area contributed by atoms with E-state index in [2.05, 4.69) is 10.2 Å². The lowest BCUT2D eigenvalue weighted by Gasteiger charge is -2.35. The third-order valence-electron chi connectivity index (χ3n) is 4.52. The van der Waals surface area contributed by atoms with E-state index in [1.54, 1.807) is 0 Å². The van der Waals surface area contributed by atoms with Gasteiger partial charge in [-0.15, -0.1) is 0 Å². The molecule has 0 radical (unpaired) electrons. The van der Waals surface area contributed by atoms with Crippen molar-refractivity contribution in [2.24, 2.45) is 0 Å². The van der Waals surface area contributed by atoms with E-state index in [4.69, 9.17) is 16.3 Å². The van der Waals surface area contributed by atoms with Crippen molar-refractivity contribution < 1.29 is 9.53 Å². The molecule has 0 aliphatic carbocycles. The molecule has 132 valence electrons. The molecule has 0 bridgehead atoms. The molecule has 1 aliphatic heterocycles. The number of nitrogens with zero attached hydrogens (tertiary/aromatic N) is 1. The standard InChI is InChI=1S/C20H23ClN2O2/c1-15-6-8-16(9-7-15)20(24)22-14-19(23-10-12-25-13-11-23)17-4-2-3-5-18(17)21/h2-9,19H,10-14H2,1H3,(H,22,24)/t19-/m1/s1. The van der Waals surface area contributed by atoms with Crippen molar-refractivity contribution in [3.8, 4) is 0 Å². The molecule has 0 spiro atoms. The highest BCUT2D eigenvalue weighted by Crippen LogP contribution is 2.27. The normalized spacial score (nSPS) is 16.4. The lowest BCUT2D eigenvalue weighted by Crippen LogP contribution is -2.44. The number of benzene rings is 2. The summed E-state index contributed by atoms with van der Waals surface area (Å²) in [5.41, 5.74) is 2.85. The molecule has 1 amide bonds. The molecule has 1 N–H and O–H groups in total. The fraction of sp³-hybridized carbons (Fsp3) is 0.350. The Balaban J connectivity index is 1.74. The Morgan fingerprint density at radius 2 is 1.84 bits per heavy atom. The van der Waals surface area contributed by atoms with Gasteiger partial charge < -0.3 is 10.1 Å². The second-order valence-corrected chi connectivity index (χ2v) is 6.67. The van der Waals surface area contributed by atoms with Crippen LogP contribution in [-0.2, 0) is 4.74 Å². The van der Waals surface area contributed by atoms with Gasteiger partial charge in [0.1, 0.15) is 0 Å². The Morgan fingerprint density at radius 3 is 2.52 bits per heavy atom. The fourth-order valence-electron chi connectivity index (χ4n) is 3.07. The van der Waals surface area contributed by atoms with Crippen LogP contribution in [0.5, 0.6) is 0 Å². The average Bonchev–Trinajstić information content (AvgIpc) is 2.64. The monoisotopic (exact) mass is 358 g/mol. The van der Waals surface area contributed by atoms with E-state index in [1.807, 2.05) is 55.5 Å². The number of hydrogen-bond donors (Lipinski definition) is 1. The zero-order valence-electron chi connectivity index (χ0n) is 14.4. The molecule has 1 saturated heterocycles. The number of hydrogen-bond acceptors (Lipinski definition) is 3. The second-order valence-electron chi connectivity index (χ2n) is 6.26. The number of ether oxygens (including phenoxy) is 1. The van der Waals surface area contributed by atoms with Gasteiger partial charge in [0, 0.05) is 30.2 Å². The molecule has 2 aromatic carbocycles. The lowest BCUT2D eigenvalue weighted by atomic mass is 10.0. The van der Waals surface area contributed by atoms with Crippen molar-refractivity contribution in [2.75, 3.05) is 32.8 Å². The number of morpholine rings is 1. The molecule has 1 fully saturated rings. The molecule has 4 nitrogen and oxygen atoms in total. The van der Waals surface area contributed by atoms with Crippen LogP contribution in [0, 0.1) is 6.92 Å². The van der Waals surface area contributed by atoms with Crippen LogP contribution in [-0.4, -0.2) is 43.7 Å². The minimum absolute atomic E-state index is 0.0343. The quantitative estimate of drug-likeness (QED) is 0.890. The van der Waals surface area contributed by atoms with E-state index in [9.17, 15) is 4.79 Å². The zero-order chi connectivity index (χ0) is 17.6. The summed E-state index contributed by atoms with van der Waals surface area (Å²) in [5, 5.41) is 3.79. The van der Waals surface area contributed by atoms with E-state index >= 15 is 0 Å². The van der Waals surface area contributed by atoms with Crippen LogP contribution in [0.15, 0.2) is 48.5 Å². The molecule has 3 rings (SSSR count). The van der Waals surface area contributed by atoms with E-state index in [0.717, 1.165) is 29.2 Å². The van der Waals surface area contributed by atoms with E-state index < -0.39 is 0 Å². The van der Waals surface area contributed by atoms with Gasteiger partial charge in [-0.05, 0) is 30.7 Å². The first kappa shape index (κ1) is 17.9. The van der Waals surface area contributed by atoms with Crippen molar-refractivity contribution in [1.29, 1.82) is 0 Å². The summed E-state index contributed by atoms with van der Waals surface area (Å²) in [6, 6.07) is 15.5. The SMILES string of the molecule is Cc1ccc(C(=O)NC[C@H](c2ccccc2Cl)N2CCOCC2)cc1. The highest BCUT2D eigenvalue weighted by molar-refractivity contribution is 6.31. The number of rotatable bonds is 5. The van der Waals surface area contributed by atoms with Crippen LogP contribution < -0.4 is 5.32 Å². The summed E-state index contributed by atoms with van der Waals surface area (Å²) in [6.07, 6.45) is 0. The molecule has 0 unspecified atom stereocenters. The van der Waals surface area contributed by atoms with Crippen LogP contribution in [0.3, 0.4) is 0 Å². The van der Waals surface area contributed by atoms with Crippen LogP contribution >= 0.6 is 11.6 Å². The Labute approximate surface area is 153 Å². The predicted octanol–water partition coefficient (Wildman–Crippen LogP) is 3.45. The van der Waals surface area contributed by atoms with Gasteiger partial charge in [0.05, 0.1) is 19.3 Å². The number of aryl methyl sites for hydroxylation is 1. The third kappa shape index (κ3) is 4.60. The van der Waals surface area contributed by atoms with Crippen LogP contribution in [0.4, 0.5) is 0 Å². The molecule has 5 heteroatoms. The number of carbonyl (C=O) groups excluding carboxylic acids is 1. The van der Waals surface area contributed by atoms with Gasteiger partial charge in [0.2, 0.25) is 0 Å². The summed E-state index contributed by atoms with van der Waals surface area (Å²) in [6.45, 7) is 5.58. The first-order valence-corrected chi connectivity index (χ1v) is 8.94. The van der Waals surface area contributed by atoms with Gasteiger partial charge in [-0.2, -0.15) is 0 Å². The maximum absolute atomic E-state index is 12.5. The van der Waals surface area contributed by atoms with Crippen LogP contribution in [0.1, 0.15) is 27.5 Å². The molecule has 0 aromatic heterocycles. The first-order valence-electron chi connectivity index (χ1n) is 8.56. The molecule has 1 heterocycles. The summed E-state index contributed by atoms with van der Waals surface area (Å²) < 4.78 is 5.46. The fourth-order valence-corrected chi connectivity index (χ4v) is 3.33. The highest BCUT2D eigenvalue weighted by Gasteiger charge is 2.24. The van der Waals surface area contributed by atoms with Gasteiger partial charge in [0.25, 0.3) is 5.91 Å². The van der Waals surface area contributed by atoms with E-state index in [-0.39, 0.29) is 11.9 Å². The third-order valence-corrected chi connectivity index (χ3v) is 4.86. The second kappa shape index (κ2) is 8.48. The minimum atomic E-state index is -0.0645. The summed E-state index contributed by atoms with van der Waals surface area (Å²) in [7, 11) is 0. The molecular weight excluding hydrogens is 336 g/mol. The number of nitrogens with one attached hydrogen (secondary N) is 1. The Morgan fingerprint density at radius 1 is 1.16 bits per heavy atom. The Kier molecular flexibility index (Phi) is 6.08. The first-order chi connectivity index (χ1) is 12.1. The van der Waals surface area contributed by atoms with Gasteiger partial charge in [-0.3, -0.25) is 9.69 Å². The molecule has 2 aromatic rings. The lowest BCUT2D eigenvalue weighted by molar-refractivity contribution is 0.0162.